The van der Waals surface area contributed by atoms with E-state index < -0.39 is 0 Å². The molecule has 6 heteroatoms. The molecule has 34 heavy (non-hydrogen) atoms. The van der Waals surface area contributed by atoms with Gasteiger partial charge in [0.1, 0.15) is 0 Å². The fourth-order valence-corrected chi connectivity index (χ4v) is 4.08. The van der Waals surface area contributed by atoms with Gasteiger partial charge in [-0.3, -0.25) is 4.79 Å². The topological polar surface area (TPSA) is 66.9 Å². The molecule has 5 aromatic rings. The monoisotopic (exact) mass is 508 g/mol. The van der Waals surface area contributed by atoms with E-state index in [-0.39, 0.29) is 5.91 Å². The minimum atomic E-state index is -0.153. The van der Waals surface area contributed by atoms with Crippen molar-refractivity contribution in [3.8, 4) is 11.3 Å². The number of hydrogen-bond donors (Lipinski definition) is 2. The van der Waals surface area contributed by atoms with E-state index in [9.17, 15) is 4.79 Å². The Kier molecular flexibility index (Phi) is 6.06. The van der Waals surface area contributed by atoms with Crippen molar-refractivity contribution >= 4 is 50.1 Å². The van der Waals surface area contributed by atoms with Crippen LogP contribution in [0.4, 0.5) is 17.3 Å². The summed E-state index contributed by atoms with van der Waals surface area (Å²) in [6, 6.07) is 31.0. The highest BCUT2D eigenvalue weighted by Crippen LogP contribution is 2.30. The summed E-state index contributed by atoms with van der Waals surface area (Å²) in [5, 5.41) is 7.21. The first-order valence-electron chi connectivity index (χ1n) is 10.8. The number of nitrogens with one attached hydrogen (secondary N) is 2. The quantitative estimate of drug-likeness (QED) is 0.260. The van der Waals surface area contributed by atoms with Crippen molar-refractivity contribution in [3.05, 3.63) is 113 Å². The highest BCUT2D eigenvalue weighted by Gasteiger charge is 2.12. The largest absolute Gasteiger partial charge is 0.324 e. The summed E-state index contributed by atoms with van der Waals surface area (Å²) >= 11 is 3.55. The lowest BCUT2D eigenvalue weighted by Gasteiger charge is -2.12. The molecule has 1 amide bonds. The number of anilines is 3. The van der Waals surface area contributed by atoms with Gasteiger partial charge in [-0.25, -0.2) is 9.97 Å². The molecule has 0 bridgehead atoms. The van der Waals surface area contributed by atoms with Gasteiger partial charge in [0.25, 0.3) is 5.91 Å². The molecule has 0 fully saturated rings. The van der Waals surface area contributed by atoms with E-state index in [4.69, 9.17) is 9.97 Å². The Hall–Kier alpha value is -4.03. The number of carbonyl (C=O) groups is 1. The van der Waals surface area contributed by atoms with Gasteiger partial charge in [0.2, 0.25) is 5.95 Å². The fraction of sp³-hybridized carbons (Fsp3) is 0.0357. The third kappa shape index (κ3) is 4.67. The maximum absolute atomic E-state index is 12.7. The SMILES string of the molecule is Cc1ccccc1NC(=O)c1ccc(Nc2nc(-c3ccccc3)c3cc(Br)ccc3n2)cc1. The second kappa shape index (κ2) is 9.45. The molecule has 2 N–H and O–H groups in total. The molecule has 0 spiro atoms. The highest BCUT2D eigenvalue weighted by molar-refractivity contribution is 9.10. The van der Waals surface area contributed by atoms with Crippen molar-refractivity contribution in [1.82, 2.24) is 9.97 Å². The summed E-state index contributed by atoms with van der Waals surface area (Å²) in [6.07, 6.45) is 0. The molecular formula is C28H21BrN4O. The number of amides is 1. The zero-order valence-corrected chi connectivity index (χ0v) is 20.0. The molecule has 0 unspecified atom stereocenters. The molecule has 0 aliphatic carbocycles. The average molecular weight is 509 g/mol. The van der Waals surface area contributed by atoms with Crippen LogP contribution in [0.5, 0.6) is 0 Å². The summed E-state index contributed by atoms with van der Waals surface area (Å²) < 4.78 is 0.973. The Morgan fingerprint density at radius 3 is 2.32 bits per heavy atom. The average Bonchev–Trinajstić information content (AvgIpc) is 2.86. The van der Waals surface area contributed by atoms with E-state index in [0.717, 1.165) is 43.6 Å². The van der Waals surface area contributed by atoms with E-state index in [1.165, 1.54) is 0 Å². The summed E-state index contributed by atoms with van der Waals surface area (Å²) in [7, 11) is 0. The summed E-state index contributed by atoms with van der Waals surface area (Å²) in [4.78, 5) is 22.2. The number of aryl methyl sites for hydroxylation is 1. The van der Waals surface area contributed by atoms with E-state index in [2.05, 4.69) is 26.6 Å². The zero-order chi connectivity index (χ0) is 23.5. The second-order valence-electron chi connectivity index (χ2n) is 7.89. The minimum absolute atomic E-state index is 0.153. The Morgan fingerprint density at radius 2 is 1.56 bits per heavy atom. The predicted molar refractivity (Wildman–Crippen MR) is 142 cm³/mol. The van der Waals surface area contributed by atoms with Crippen LogP contribution in [0.1, 0.15) is 15.9 Å². The number of benzene rings is 4. The third-order valence-electron chi connectivity index (χ3n) is 5.50. The molecule has 0 saturated heterocycles. The molecule has 1 aromatic heterocycles. The van der Waals surface area contributed by atoms with Gasteiger partial charge in [0.15, 0.2) is 0 Å². The van der Waals surface area contributed by atoms with Gasteiger partial charge in [0.05, 0.1) is 11.2 Å². The molecule has 0 radical (unpaired) electrons. The van der Waals surface area contributed by atoms with Crippen LogP contribution in [0, 0.1) is 6.92 Å². The van der Waals surface area contributed by atoms with E-state index in [1.807, 2.05) is 91.9 Å². The van der Waals surface area contributed by atoms with Crippen LogP contribution in [0.3, 0.4) is 0 Å². The number of fused-ring (bicyclic) bond motifs is 1. The van der Waals surface area contributed by atoms with Crippen LogP contribution in [0.15, 0.2) is 102 Å². The summed E-state index contributed by atoms with van der Waals surface area (Å²) in [5.74, 6) is 0.338. The maximum atomic E-state index is 12.7. The van der Waals surface area contributed by atoms with Gasteiger partial charge in [-0.05, 0) is 61.0 Å². The zero-order valence-electron chi connectivity index (χ0n) is 18.4. The van der Waals surface area contributed by atoms with Crippen molar-refractivity contribution in [1.29, 1.82) is 0 Å². The van der Waals surface area contributed by atoms with Crippen molar-refractivity contribution in [2.24, 2.45) is 0 Å². The normalized spacial score (nSPS) is 10.8. The van der Waals surface area contributed by atoms with Crippen molar-refractivity contribution in [2.45, 2.75) is 6.92 Å². The molecule has 0 atom stereocenters. The van der Waals surface area contributed by atoms with Gasteiger partial charge in [0, 0.05) is 32.4 Å². The third-order valence-corrected chi connectivity index (χ3v) is 5.99. The van der Waals surface area contributed by atoms with Crippen LogP contribution in [0.25, 0.3) is 22.2 Å². The first-order valence-corrected chi connectivity index (χ1v) is 11.6. The molecular weight excluding hydrogens is 488 g/mol. The van der Waals surface area contributed by atoms with Crippen molar-refractivity contribution in [3.63, 3.8) is 0 Å². The van der Waals surface area contributed by atoms with Gasteiger partial charge >= 0.3 is 0 Å². The Morgan fingerprint density at radius 1 is 0.824 bits per heavy atom. The van der Waals surface area contributed by atoms with Gasteiger partial charge in [-0.15, -0.1) is 0 Å². The lowest BCUT2D eigenvalue weighted by Crippen LogP contribution is -2.12. The molecule has 0 saturated carbocycles. The van der Waals surface area contributed by atoms with E-state index in [1.54, 1.807) is 12.1 Å². The van der Waals surface area contributed by atoms with Crippen LogP contribution in [-0.2, 0) is 0 Å². The second-order valence-corrected chi connectivity index (χ2v) is 8.81. The van der Waals surface area contributed by atoms with E-state index >= 15 is 0 Å². The molecule has 0 aliphatic rings. The number of carbonyl (C=O) groups excluding carboxylic acids is 1. The Bertz CT molecular complexity index is 1480. The smallest absolute Gasteiger partial charge is 0.255 e. The van der Waals surface area contributed by atoms with Crippen LogP contribution in [0.2, 0.25) is 0 Å². The first kappa shape index (κ1) is 21.8. The molecule has 4 aromatic carbocycles. The van der Waals surface area contributed by atoms with Gasteiger partial charge < -0.3 is 10.6 Å². The molecule has 166 valence electrons. The van der Waals surface area contributed by atoms with E-state index in [0.29, 0.717) is 11.5 Å². The van der Waals surface area contributed by atoms with Crippen molar-refractivity contribution < 1.29 is 4.79 Å². The molecule has 1 heterocycles. The lowest BCUT2D eigenvalue weighted by molar-refractivity contribution is 0.102. The molecule has 5 rings (SSSR count). The van der Waals surface area contributed by atoms with Crippen molar-refractivity contribution in [2.75, 3.05) is 10.6 Å². The minimum Gasteiger partial charge on any atom is -0.324 e. The number of halogens is 1. The number of para-hydroxylation sites is 1. The lowest BCUT2D eigenvalue weighted by atomic mass is 10.1. The summed E-state index contributed by atoms with van der Waals surface area (Å²) in [5.41, 5.74) is 5.89. The standard InChI is InChI=1S/C28H21BrN4O/c1-18-7-5-6-10-24(18)31-27(34)20-11-14-22(15-12-20)30-28-32-25-16-13-21(29)17-23(25)26(33-28)19-8-3-2-4-9-19/h2-17H,1H3,(H,31,34)(H,30,32,33). The molecule has 0 aliphatic heterocycles. The Labute approximate surface area is 206 Å². The van der Waals surface area contributed by atoms with Gasteiger partial charge in [-0.2, -0.15) is 0 Å². The predicted octanol–water partition coefficient (Wildman–Crippen LogP) is 7.36. The number of hydrogen-bond acceptors (Lipinski definition) is 4. The fourth-order valence-electron chi connectivity index (χ4n) is 3.71. The van der Waals surface area contributed by atoms with Crippen LogP contribution in [-0.4, -0.2) is 15.9 Å². The highest BCUT2D eigenvalue weighted by atomic mass is 79.9. The molecule has 5 nitrogen and oxygen atoms in total. The first-order chi connectivity index (χ1) is 16.6. The number of nitrogens with zero attached hydrogens (tertiary/aromatic N) is 2. The van der Waals surface area contributed by atoms with Gasteiger partial charge in [-0.1, -0.05) is 64.5 Å². The summed E-state index contributed by atoms with van der Waals surface area (Å²) in [6.45, 7) is 1.97. The van der Waals surface area contributed by atoms with Crippen LogP contribution < -0.4 is 10.6 Å². The van der Waals surface area contributed by atoms with Crippen LogP contribution >= 0.6 is 15.9 Å². The maximum Gasteiger partial charge on any atom is 0.255 e. The Balaban J connectivity index is 1.42. The number of rotatable bonds is 5. The number of aromatic nitrogens is 2.